The average Bonchev–Trinajstić information content (AvgIpc) is 2.52. The molecule has 0 aliphatic carbocycles. The maximum Gasteiger partial charge on any atom is 0.193 e. The van der Waals surface area contributed by atoms with E-state index in [1.165, 1.54) is 0 Å². The summed E-state index contributed by atoms with van der Waals surface area (Å²) in [7, 11) is 0. The highest BCUT2D eigenvalue weighted by molar-refractivity contribution is 6.09. The Morgan fingerprint density at radius 1 is 1.15 bits per heavy atom. The van der Waals surface area contributed by atoms with Crippen LogP contribution in [0.1, 0.15) is 34.3 Å². The predicted molar refractivity (Wildman–Crippen MR) is 78.7 cm³/mol. The fraction of sp³-hybridized carbons (Fsp3) is 0.188. The van der Waals surface area contributed by atoms with Crippen molar-refractivity contribution >= 4 is 5.78 Å². The molecular formula is C16H15N3O. The van der Waals surface area contributed by atoms with E-state index >= 15 is 0 Å². The average molecular weight is 265 g/mol. The molecule has 0 aliphatic heterocycles. The van der Waals surface area contributed by atoms with E-state index in [-0.39, 0.29) is 11.7 Å². The van der Waals surface area contributed by atoms with Crippen LogP contribution in [-0.2, 0) is 0 Å². The van der Waals surface area contributed by atoms with Gasteiger partial charge in [0.15, 0.2) is 5.78 Å². The van der Waals surface area contributed by atoms with Gasteiger partial charge in [-0.15, -0.1) is 0 Å². The molecule has 2 aromatic rings. The molecule has 0 aromatic heterocycles. The summed E-state index contributed by atoms with van der Waals surface area (Å²) >= 11 is 0. The lowest BCUT2D eigenvalue weighted by Crippen LogP contribution is -2.04. The zero-order chi connectivity index (χ0) is 14.4. The van der Waals surface area contributed by atoms with Gasteiger partial charge in [-0.1, -0.05) is 60.6 Å². The van der Waals surface area contributed by atoms with Crippen LogP contribution in [0.3, 0.4) is 0 Å². The Morgan fingerprint density at radius 3 is 2.55 bits per heavy atom. The molecular weight excluding hydrogens is 250 g/mol. The Bertz CT molecular complexity index is 646. The molecule has 2 aromatic carbocycles. The highest BCUT2D eigenvalue weighted by atomic mass is 16.1. The fourth-order valence-corrected chi connectivity index (χ4v) is 2.01. The zero-order valence-corrected chi connectivity index (χ0v) is 11.2. The van der Waals surface area contributed by atoms with Gasteiger partial charge in [0.05, 0.1) is 0 Å². The Labute approximate surface area is 117 Å². The van der Waals surface area contributed by atoms with Gasteiger partial charge in [-0.25, -0.2) is 0 Å². The van der Waals surface area contributed by atoms with Gasteiger partial charge in [0, 0.05) is 22.6 Å². The minimum absolute atomic E-state index is 0.00318. The van der Waals surface area contributed by atoms with Crippen molar-refractivity contribution in [1.82, 2.24) is 0 Å². The lowest BCUT2D eigenvalue weighted by molar-refractivity contribution is 0.103. The van der Waals surface area contributed by atoms with Crippen molar-refractivity contribution in [2.24, 2.45) is 5.11 Å². The Balaban J connectivity index is 2.26. The van der Waals surface area contributed by atoms with Gasteiger partial charge < -0.3 is 0 Å². The second kappa shape index (κ2) is 6.55. The maximum atomic E-state index is 12.4. The molecule has 0 heterocycles. The summed E-state index contributed by atoms with van der Waals surface area (Å²) in [4.78, 5) is 15.1. The molecule has 0 spiro atoms. The second-order valence-corrected chi connectivity index (χ2v) is 4.64. The Morgan fingerprint density at radius 2 is 1.85 bits per heavy atom. The number of hydrogen-bond donors (Lipinski definition) is 0. The molecule has 0 N–H and O–H groups in total. The number of benzene rings is 2. The van der Waals surface area contributed by atoms with Crippen molar-refractivity contribution in [3.05, 3.63) is 81.7 Å². The van der Waals surface area contributed by atoms with E-state index in [4.69, 9.17) is 5.53 Å². The van der Waals surface area contributed by atoms with Gasteiger partial charge in [-0.2, -0.15) is 0 Å². The first kappa shape index (κ1) is 13.8. The topological polar surface area (TPSA) is 65.8 Å². The van der Waals surface area contributed by atoms with Crippen LogP contribution < -0.4 is 0 Å². The lowest BCUT2D eigenvalue weighted by Gasteiger charge is -2.10. The molecule has 2 rings (SSSR count). The molecule has 0 aliphatic rings. The number of azide groups is 1. The summed E-state index contributed by atoms with van der Waals surface area (Å²) in [6, 6.07) is 16.7. The number of carbonyl (C=O) groups excluding carboxylic acids is 1. The van der Waals surface area contributed by atoms with Crippen LogP contribution in [0.2, 0.25) is 0 Å². The van der Waals surface area contributed by atoms with Crippen molar-refractivity contribution < 1.29 is 4.79 Å². The summed E-state index contributed by atoms with van der Waals surface area (Å²) < 4.78 is 0. The first-order valence-electron chi connectivity index (χ1n) is 6.43. The Hall–Kier alpha value is -2.58. The number of nitrogens with zero attached hydrogens (tertiary/aromatic N) is 3. The first-order valence-corrected chi connectivity index (χ1v) is 6.43. The van der Waals surface area contributed by atoms with E-state index in [2.05, 4.69) is 10.0 Å². The quantitative estimate of drug-likeness (QED) is 0.343. The molecule has 20 heavy (non-hydrogen) atoms. The second-order valence-electron chi connectivity index (χ2n) is 4.64. The highest BCUT2D eigenvalue weighted by Crippen LogP contribution is 2.19. The zero-order valence-electron chi connectivity index (χ0n) is 11.2. The van der Waals surface area contributed by atoms with Gasteiger partial charge >= 0.3 is 0 Å². The molecule has 1 atom stereocenters. The minimum Gasteiger partial charge on any atom is -0.289 e. The van der Waals surface area contributed by atoms with Crippen LogP contribution in [0, 0.1) is 0 Å². The number of ketones is 1. The van der Waals surface area contributed by atoms with Crippen LogP contribution in [0.5, 0.6) is 0 Å². The van der Waals surface area contributed by atoms with Gasteiger partial charge in [0.25, 0.3) is 0 Å². The van der Waals surface area contributed by atoms with Crippen LogP contribution in [0.15, 0.2) is 59.7 Å². The standard InChI is InChI=1S/C16H15N3O/c1-12(11-18-19-17)14-8-5-9-15(10-14)16(20)13-6-3-2-4-7-13/h2-10,12H,11H2,1H3/t12-/m1/s1. The van der Waals surface area contributed by atoms with E-state index in [1.54, 1.807) is 18.2 Å². The van der Waals surface area contributed by atoms with Crippen LogP contribution in [0.4, 0.5) is 0 Å². The summed E-state index contributed by atoms with van der Waals surface area (Å²) in [5.41, 5.74) is 10.7. The van der Waals surface area contributed by atoms with Gasteiger partial charge in [-0.05, 0) is 23.1 Å². The van der Waals surface area contributed by atoms with Gasteiger partial charge in [-0.3, -0.25) is 4.79 Å². The highest BCUT2D eigenvalue weighted by Gasteiger charge is 2.11. The minimum atomic E-state index is 0.00318. The van der Waals surface area contributed by atoms with E-state index < -0.39 is 0 Å². The predicted octanol–water partition coefficient (Wildman–Crippen LogP) is 4.33. The van der Waals surface area contributed by atoms with Crippen LogP contribution in [0.25, 0.3) is 10.4 Å². The third-order valence-corrected chi connectivity index (χ3v) is 3.17. The van der Waals surface area contributed by atoms with Crippen molar-refractivity contribution in [2.45, 2.75) is 12.8 Å². The SMILES string of the molecule is C[C@H](CN=[N+]=[N-])c1cccc(C(=O)c2ccccc2)c1. The van der Waals surface area contributed by atoms with Gasteiger partial charge in [0.1, 0.15) is 0 Å². The molecule has 100 valence electrons. The first-order chi connectivity index (χ1) is 9.72. The molecule has 0 saturated heterocycles. The van der Waals surface area contributed by atoms with E-state index in [0.717, 1.165) is 5.56 Å². The molecule has 0 unspecified atom stereocenters. The van der Waals surface area contributed by atoms with Crippen LogP contribution >= 0.6 is 0 Å². The molecule has 0 radical (unpaired) electrons. The fourth-order valence-electron chi connectivity index (χ4n) is 2.01. The normalized spacial score (nSPS) is 11.4. The summed E-state index contributed by atoms with van der Waals surface area (Å²) in [6.45, 7) is 2.36. The summed E-state index contributed by atoms with van der Waals surface area (Å²) in [6.07, 6.45) is 0. The number of carbonyl (C=O) groups is 1. The van der Waals surface area contributed by atoms with Gasteiger partial charge in [0.2, 0.25) is 0 Å². The third kappa shape index (κ3) is 3.25. The molecule has 0 amide bonds. The molecule has 0 fully saturated rings. The maximum absolute atomic E-state index is 12.4. The van der Waals surface area contributed by atoms with E-state index in [0.29, 0.717) is 17.7 Å². The molecule has 4 heteroatoms. The van der Waals surface area contributed by atoms with Crippen molar-refractivity contribution in [2.75, 3.05) is 6.54 Å². The summed E-state index contributed by atoms with van der Waals surface area (Å²) in [5.74, 6) is 0.0952. The summed E-state index contributed by atoms with van der Waals surface area (Å²) in [5, 5.41) is 3.58. The largest absolute Gasteiger partial charge is 0.289 e. The van der Waals surface area contributed by atoms with E-state index in [9.17, 15) is 4.79 Å². The lowest BCUT2D eigenvalue weighted by atomic mass is 9.96. The van der Waals surface area contributed by atoms with Crippen LogP contribution in [-0.4, -0.2) is 12.3 Å². The monoisotopic (exact) mass is 265 g/mol. The molecule has 0 saturated carbocycles. The smallest absolute Gasteiger partial charge is 0.193 e. The molecule has 0 bridgehead atoms. The Kier molecular flexibility index (Phi) is 4.53. The van der Waals surface area contributed by atoms with E-state index in [1.807, 2.05) is 43.3 Å². The third-order valence-electron chi connectivity index (χ3n) is 3.17. The van der Waals surface area contributed by atoms with Crippen molar-refractivity contribution in [3.8, 4) is 0 Å². The van der Waals surface area contributed by atoms with Crippen molar-refractivity contribution in [1.29, 1.82) is 0 Å². The van der Waals surface area contributed by atoms with Crippen molar-refractivity contribution in [3.63, 3.8) is 0 Å². The number of rotatable bonds is 5. The number of hydrogen-bond acceptors (Lipinski definition) is 2. The molecule has 4 nitrogen and oxygen atoms in total.